The van der Waals surface area contributed by atoms with E-state index in [9.17, 15) is 0 Å². The molecule has 2 aromatic heterocycles. The molecule has 1 aliphatic rings. The van der Waals surface area contributed by atoms with Crippen LogP contribution in [0.25, 0.3) is 11.2 Å². The first-order valence-corrected chi connectivity index (χ1v) is 9.38. The maximum atomic E-state index is 4.86. The molecule has 0 radical (unpaired) electrons. The van der Waals surface area contributed by atoms with Crippen LogP contribution in [0.4, 0.5) is 5.95 Å². The van der Waals surface area contributed by atoms with Gasteiger partial charge in [0, 0.05) is 29.8 Å². The molecule has 0 spiro atoms. The van der Waals surface area contributed by atoms with Crippen molar-refractivity contribution in [2.45, 2.75) is 19.0 Å². The topological polar surface area (TPSA) is 37.2 Å². The lowest BCUT2D eigenvalue weighted by molar-refractivity contribution is 0.315. The summed E-state index contributed by atoms with van der Waals surface area (Å²) >= 11 is 3.55. The zero-order valence-electron chi connectivity index (χ0n) is 14.6. The van der Waals surface area contributed by atoms with Crippen molar-refractivity contribution in [3.8, 4) is 0 Å². The van der Waals surface area contributed by atoms with Crippen molar-refractivity contribution in [2.75, 3.05) is 32.1 Å². The Morgan fingerprint density at radius 1 is 1.24 bits per heavy atom. The first kappa shape index (κ1) is 16.5. The maximum absolute atomic E-state index is 4.86. The number of nitrogens with zero attached hydrogens (tertiary/aromatic N) is 5. The van der Waals surface area contributed by atoms with Crippen molar-refractivity contribution in [3.05, 3.63) is 52.6 Å². The van der Waals surface area contributed by atoms with Gasteiger partial charge in [-0.1, -0.05) is 30.3 Å². The first-order valence-electron chi connectivity index (χ1n) is 8.59. The summed E-state index contributed by atoms with van der Waals surface area (Å²) in [7, 11) is 4.31. The van der Waals surface area contributed by atoms with Crippen LogP contribution in [-0.4, -0.2) is 52.7 Å². The van der Waals surface area contributed by atoms with Crippen molar-refractivity contribution in [2.24, 2.45) is 0 Å². The number of anilines is 1. The molecule has 1 aliphatic heterocycles. The molecule has 3 aromatic rings. The van der Waals surface area contributed by atoms with Gasteiger partial charge in [0.1, 0.15) is 0 Å². The zero-order valence-corrected chi connectivity index (χ0v) is 16.1. The highest BCUT2D eigenvalue weighted by Crippen LogP contribution is 2.28. The Morgan fingerprint density at radius 2 is 2.04 bits per heavy atom. The van der Waals surface area contributed by atoms with Gasteiger partial charge in [-0.15, -0.1) is 0 Å². The van der Waals surface area contributed by atoms with E-state index in [0.29, 0.717) is 6.04 Å². The number of fused-ring (bicyclic) bond motifs is 1. The van der Waals surface area contributed by atoms with Gasteiger partial charge in [-0.25, -0.2) is 4.98 Å². The normalized spacial score (nSPS) is 17.8. The van der Waals surface area contributed by atoms with E-state index in [2.05, 4.69) is 85.8 Å². The molecule has 1 saturated heterocycles. The van der Waals surface area contributed by atoms with E-state index in [-0.39, 0.29) is 0 Å². The largest absolute Gasteiger partial charge is 0.341 e. The lowest BCUT2D eigenvalue weighted by Crippen LogP contribution is -2.32. The second-order valence-electron chi connectivity index (χ2n) is 6.83. The monoisotopic (exact) mass is 399 g/mol. The van der Waals surface area contributed by atoms with Gasteiger partial charge in [0.2, 0.25) is 5.95 Å². The molecule has 0 N–H and O–H groups in total. The predicted molar refractivity (Wildman–Crippen MR) is 105 cm³/mol. The Morgan fingerprint density at radius 3 is 2.76 bits per heavy atom. The van der Waals surface area contributed by atoms with Crippen molar-refractivity contribution in [1.82, 2.24) is 19.4 Å². The van der Waals surface area contributed by atoms with Crippen LogP contribution in [0.3, 0.4) is 0 Å². The third-order valence-electron chi connectivity index (χ3n) is 4.91. The lowest BCUT2D eigenvalue weighted by atomic mass is 10.2. The number of pyridine rings is 1. The molecule has 3 heterocycles. The van der Waals surface area contributed by atoms with E-state index >= 15 is 0 Å². The van der Waals surface area contributed by atoms with Crippen LogP contribution in [0.2, 0.25) is 0 Å². The predicted octanol–water partition coefficient (Wildman–Crippen LogP) is 3.38. The SMILES string of the molecule is CN(C)[C@@H]1CCN(c2nc3ncc(Br)cc3n2Cc2ccccc2)C1. The Kier molecular flexibility index (Phi) is 4.48. The Balaban J connectivity index is 1.76. The number of hydrogen-bond donors (Lipinski definition) is 0. The zero-order chi connectivity index (χ0) is 17.4. The van der Waals surface area contributed by atoms with Crippen molar-refractivity contribution in [3.63, 3.8) is 0 Å². The fourth-order valence-corrected chi connectivity index (χ4v) is 3.80. The molecule has 1 atom stereocenters. The maximum Gasteiger partial charge on any atom is 0.208 e. The minimum atomic E-state index is 0.574. The summed E-state index contributed by atoms with van der Waals surface area (Å²) in [5.74, 6) is 1.02. The summed E-state index contributed by atoms with van der Waals surface area (Å²) in [5.41, 5.74) is 3.15. The average molecular weight is 400 g/mol. The van der Waals surface area contributed by atoms with E-state index in [4.69, 9.17) is 4.98 Å². The highest BCUT2D eigenvalue weighted by Gasteiger charge is 2.28. The van der Waals surface area contributed by atoms with Crippen LogP contribution in [-0.2, 0) is 6.54 Å². The average Bonchev–Trinajstić information content (AvgIpc) is 3.21. The molecule has 0 amide bonds. The van der Waals surface area contributed by atoms with Crippen molar-refractivity contribution in [1.29, 1.82) is 0 Å². The molecule has 0 aliphatic carbocycles. The van der Waals surface area contributed by atoms with Gasteiger partial charge in [0.15, 0.2) is 5.65 Å². The Hall–Kier alpha value is -1.92. The third kappa shape index (κ3) is 3.28. The number of likely N-dealkylation sites (N-methyl/N-ethyl adjacent to an activating group) is 1. The molecule has 0 unspecified atom stereocenters. The molecule has 1 aromatic carbocycles. The van der Waals surface area contributed by atoms with E-state index in [0.717, 1.165) is 41.2 Å². The van der Waals surface area contributed by atoms with Crippen molar-refractivity contribution < 1.29 is 0 Å². The van der Waals surface area contributed by atoms with Gasteiger partial charge in [-0.05, 0) is 48.1 Å². The van der Waals surface area contributed by atoms with Crippen LogP contribution in [0, 0.1) is 0 Å². The van der Waals surface area contributed by atoms with E-state index in [1.165, 1.54) is 12.0 Å². The summed E-state index contributed by atoms with van der Waals surface area (Å²) in [6, 6.07) is 13.2. The van der Waals surface area contributed by atoms with E-state index in [1.54, 1.807) is 0 Å². The van der Waals surface area contributed by atoms with Gasteiger partial charge >= 0.3 is 0 Å². The lowest BCUT2D eigenvalue weighted by Gasteiger charge is -2.22. The van der Waals surface area contributed by atoms with Crippen molar-refractivity contribution >= 4 is 33.0 Å². The number of halogens is 1. The second kappa shape index (κ2) is 6.77. The summed E-state index contributed by atoms with van der Waals surface area (Å²) in [4.78, 5) is 14.1. The van der Waals surface area contributed by atoms with Gasteiger partial charge in [-0.3, -0.25) is 0 Å². The molecule has 0 bridgehead atoms. The van der Waals surface area contributed by atoms with Gasteiger partial charge < -0.3 is 14.4 Å². The molecule has 5 nitrogen and oxygen atoms in total. The molecule has 6 heteroatoms. The highest BCUT2D eigenvalue weighted by molar-refractivity contribution is 9.10. The minimum Gasteiger partial charge on any atom is -0.341 e. The summed E-state index contributed by atoms with van der Waals surface area (Å²) in [6.07, 6.45) is 2.98. The smallest absolute Gasteiger partial charge is 0.208 e. The number of rotatable bonds is 4. The highest BCUT2D eigenvalue weighted by atomic mass is 79.9. The van der Waals surface area contributed by atoms with Crippen LogP contribution >= 0.6 is 15.9 Å². The van der Waals surface area contributed by atoms with Crippen LogP contribution < -0.4 is 4.90 Å². The minimum absolute atomic E-state index is 0.574. The van der Waals surface area contributed by atoms with Crippen LogP contribution in [0.1, 0.15) is 12.0 Å². The van der Waals surface area contributed by atoms with Gasteiger partial charge in [0.25, 0.3) is 0 Å². The molecule has 25 heavy (non-hydrogen) atoms. The number of imidazole rings is 1. The van der Waals surface area contributed by atoms with E-state index < -0.39 is 0 Å². The summed E-state index contributed by atoms with van der Waals surface area (Å²) in [6.45, 7) is 2.84. The second-order valence-corrected chi connectivity index (χ2v) is 7.75. The molecule has 0 saturated carbocycles. The number of aromatic nitrogens is 3. The van der Waals surface area contributed by atoms with Gasteiger partial charge in [0.05, 0.1) is 12.1 Å². The molecule has 130 valence electrons. The molecule has 1 fully saturated rings. The first-order chi connectivity index (χ1) is 12.1. The Labute approximate surface area is 156 Å². The quantitative estimate of drug-likeness (QED) is 0.673. The standard InChI is InChI=1S/C19H22BrN5/c1-23(2)16-8-9-24(13-16)19-22-18-17(10-15(20)11-21-18)25(19)12-14-6-4-3-5-7-14/h3-7,10-11,16H,8-9,12-13H2,1-2H3/t16-/m1/s1. The van der Waals surface area contributed by atoms with E-state index in [1.807, 2.05) is 6.20 Å². The summed E-state index contributed by atoms with van der Waals surface area (Å²) in [5, 5.41) is 0. The fourth-order valence-electron chi connectivity index (χ4n) is 3.48. The van der Waals surface area contributed by atoms with Gasteiger partial charge in [-0.2, -0.15) is 4.98 Å². The molecular formula is C19H22BrN5. The number of hydrogen-bond acceptors (Lipinski definition) is 4. The summed E-state index contributed by atoms with van der Waals surface area (Å²) < 4.78 is 3.27. The molecular weight excluding hydrogens is 378 g/mol. The third-order valence-corrected chi connectivity index (χ3v) is 5.35. The molecule has 4 rings (SSSR count). The van der Waals surface area contributed by atoms with Crippen LogP contribution in [0.15, 0.2) is 47.1 Å². The van der Waals surface area contributed by atoms with Crippen LogP contribution in [0.5, 0.6) is 0 Å². The number of benzene rings is 1. The fraction of sp³-hybridized carbons (Fsp3) is 0.368. The Bertz CT molecular complexity index is 874.